The molecule has 0 unspecified atom stereocenters. The van der Waals surface area contributed by atoms with Gasteiger partial charge in [-0.2, -0.15) is 5.26 Å². The number of carbonyl (C=O) groups is 1. The summed E-state index contributed by atoms with van der Waals surface area (Å²) in [5.41, 5.74) is 1.16. The zero-order chi connectivity index (χ0) is 10.6. The molecule has 4 heteroatoms. The van der Waals surface area contributed by atoms with E-state index in [2.05, 4.69) is 0 Å². The first-order chi connectivity index (χ1) is 6.63. The van der Waals surface area contributed by atoms with Crippen LogP contribution in [0.15, 0.2) is 18.2 Å². The Morgan fingerprint density at radius 3 is 2.86 bits per heavy atom. The predicted molar refractivity (Wildman–Crippen MR) is 52.1 cm³/mol. The van der Waals surface area contributed by atoms with Crippen molar-refractivity contribution in [2.45, 2.75) is 12.8 Å². The maximum Gasteiger partial charge on any atom is 0.303 e. The van der Waals surface area contributed by atoms with E-state index in [1.54, 1.807) is 18.2 Å². The van der Waals surface area contributed by atoms with Gasteiger partial charge in [0.15, 0.2) is 0 Å². The minimum Gasteiger partial charge on any atom is -0.481 e. The first-order valence-corrected chi connectivity index (χ1v) is 4.41. The number of benzene rings is 1. The van der Waals surface area contributed by atoms with E-state index in [-0.39, 0.29) is 6.42 Å². The molecule has 1 aromatic rings. The minimum atomic E-state index is -0.881. The second-order valence-electron chi connectivity index (χ2n) is 2.81. The maximum absolute atomic E-state index is 10.3. The maximum atomic E-state index is 10.3. The Morgan fingerprint density at radius 1 is 1.57 bits per heavy atom. The van der Waals surface area contributed by atoms with Crippen molar-refractivity contribution in [3.8, 4) is 6.07 Å². The minimum absolute atomic E-state index is 0.00895. The molecule has 0 aliphatic rings. The van der Waals surface area contributed by atoms with Crippen LogP contribution in [0.5, 0.6) is 0 Å². The molecule has 72 valence electrons. The lowest BCUT2D eigenvalue weighted by atomic mass is 10.0. The number of rotatable bonds is 3. The van der Waals surface area contributed by atoms with E-state index in [9.17, 15) is 4.79 Å². The number of aryl methyl sites for hydroxylation is 1. The molecule has 0 aliphatic heterocycles. The van der Waals surface area contributed by atoms with Gasteiger partial charge in [-0.05, 0) is 30.2 Å². The van der Waals surface area contributed by atoms with Gasteiger partial charge < -0.3 is 5.11 Å². The lowest BCUT2D eigenvalue weighted by Crippen LogP contribution is -1.99. The van der Waals surface area contributed by atoms with E-state index in [1.165, 1.54) is 0 Å². The molecule has 3 nitrogen and oxygen atoms in total. The van der Waals surface area contributed by atoms with Crippen LogP contribution in [0, 0.1) is 11.3 Å². The molecule has 1 rings (SSSR count). The standard InChI is InChI=1S/C10H8ClNO2/c11-9-3-1-8(6-12)7(5-9)2-4-10(13)14/h1,3,5H,2,4H2,(H,13,14). The van der Waals surface area contributed by atoms with Crippen LogP contribution >= 0.6 is 11.6 Å². The van der Waals surface area contributed by atoms with E-state index in [0.29, 0.717) is 22.6 Å². The van der Waals surface area contributed by atoms with Gasteiger partial charge in [0.05, 0.1) is 11.6 Å². The molecule has 0 aliphatic carbocycles. The summed E-state index contributed by atoms with van der Waals surface area (Å²) in [5.74, 6) is -0.881. The fourth-order valence-corrected chi connectivity index (χ4v) is 1.31. The highest BCUT2D eigenvalue weighted by Crippen LogP contribution is 2.16. The van der Waals surface area contributed by atoms with Crippen molar-refractivity contribution in [1.82, 2.24) is 0 Å². The highest BCUT2D eigenvalue weighted by atomic mass is 35.5. The van der Waals surface area contributed by atoms with Gasteiger partial charge in [-0.3, -0.25) is 4.79 Å². The Morgan fingerprint density at radius 2 is 2.29 bits per heavy atom. The van der Waals surface area contributed by atoms with Crippen LogP contribution in [0.1, 0.15) is 17.5 Å². The topological polar surface area (TPSA) is 61.1 Å². The Hall–Kier alpha value is -1.53. The van der Waals surface area contributed by atoms with Gasteiger partial charge in [-0.25, -0.2) is 0 Å². The number of hydrogen-bond acceptors (Lipinski definition) is 2. The molecule has 0 heterocycles. The van der Waals surface area contributed by atoms with E-state index < -0.39 is 5.97 Å². The smallest absolute Gasteiger partial charge is 0.303 e. The molecule has 0 bridgehead atoms. The fourth-order valence-electron chi connectivity index (χ4n) is 1.12. The molecule has 0 saturated carbocycles. The number of nitrogens with zero attached hydrogens (tertiary/aromatic N) is 1. The third-order valence-corrected chi connectivity index (χ3v) is 2.03. The average Bonchev–Trinajstić information content (AvgIpc) is 2.15. The number of carboxylic acids is 1. The molecular weight excluding hydrogens is 202 g/mol. The summed E-state index contributed by atoms with van der Waals surface area (Å²) in [6.45, 7) is 0. The molecule has 1 N–H and O–H groups in total. The van der Waals surface area contributed by atoms with Gasteiger partial charge in [-0.15, -0.1) is 0 Å². The summed E-state index contributed by atoms with van der Waals surface area (Å²) >= 11 is 5.73. The molecule has 14 heavy (non-hydrogen) atoms. The quantitative estimate of drug-likeness (QED) is 0.831. The van der Waals surface area contributed by atoms with Gasteiger partial charge in [-0.1, -0.05) is 11.6 Å². The first kappa shape index (κ1) is 10.6. The van der Waals surface area contributed by atoms with Gasteiger partial charge >= 0.3 is 5.97 Å². The van der Waals surface area contributed by atoms with Crippen LogP contribution in [0.4, 0.5) is 0 Å². The first-order valence-electron chi connectivity index (χ1n) is 4.04. The normalized spacial score (nSPS) is 9.43. The largest absolute Gasteiger partial charge is 0.481 e. The zero-order valence-electron chi connectivity index (χ0n) is 7.33. The van der Waals surface area contributed by atoms with Crippen molar-refractivity contribution in [3.05, 3.63) is 34.3 Å². The summed E-state index contributed by atoms with van der Waals surface area (Å²) in [7, 11) is 0. The van der Waals surface area contributed by atoms with Crippen LogP contribution in [0.3, 0.4) is 0 Å². The Bertz CT molecular complexity index is 396. The van der Waals surface area contributed by atoms with Crippen molar-refractivity contribution in [2.24, 2.45) is 0 Å². The summed E-state index contributed by atoms with van der Waals surface area (Å²) in [6, 6.07) is 6.84. The lowest BCUT2D eigenvalue weighted by Gasteiger charge is -2.01. The number of nitriles is 1. The van der Waals surface area contributed by atoms with Crippen LogP contribution in [-0.2, 0) is 11.2 Å². The van der Waals surface area contributed by atoms with Gasteiger partial charge in [0, 0.05) is 11.4 Å². The third kappa shape index (κ3) is 2.75. The van der Waals surface area contributed by atoms with Crippen LogP contribution in [-0.4, -0.2) is 11.1 Å². The zero-order valence-corrected chi connectivity index (χ0v) is 8.08. The predicted octanol–water partition coefficient (Wildman–Crippen LogP) is 2.23. The lowest BCUT2D eigenvalue weighted by molar-refractivity contribution is -0.136. The van der Waals surface area contributed by atoms with Crippen molar-refractivity contribution >= 4 is 17.6 Å². The van der Waals surface area contributed by atoms with Crippen LogP contribution in [0.2, 0.25) is 5.02 Å². The molecule has 0 fully saturated rings. The van der Waals surface area contributed by atoms with E-state index in [0.717, 1.165) is 0 Å². The molecule has 0 spiro atoms. The Labute approximate surface area is 86.5 Å². The van der Waals surface area contributed by atoms with E-state index >= 15 is 0 Å². The van der Waals surface area contributed by atoms with Gasteiger partial charge in [0.2, 0.25) is 0 Å². The molecule has 0 saturated heterocycles. The summed E-state index contributed by atoms with van der Waals surface area (Å²) in [5, 5.41) is 17.7. The summed E-state index contributed by atoms with van der Waals surface area (Å²) < 4.78 is 0. The molecule has 0 amide bonds. The Balaban J connectivity index is 2.89. The fraction of sp³-hybridized carbons (Fsp3) is 0.200. The van der Waals surface area contributed by atoms with E-state index in [1.807, 2.05) is 6.07 Å². The van der Waals surface area contributed by atoms with Crippen molar-refractivity contribution in [1.29, 1.82) is 5.26 Å². The van der Waals surface area contributed by atoms with Crippen molar-refractivity contribution in [3.63, 3.8) is 0 Å². The monoisotopic (exact) mass is 209 g/mol. The van der Waals surface area contributed by atoms with Gasteiger partial charge in [0.1, 0.15) is 0 Å². The van der Waals surface area contributed by atoms with Crippen molar-refractivity contribution in [2.75, 3.05) is 0 Å². The second-order valence-corrected chi connectivity index (χ2v) is 3.24. The number of aliphatic carboxylic acids is 1. The SMILES string of the molecule is N#Cc1ccc(Cl)cc1CCC(=O)O. The molecular formula is C10H8ClNO2. The highest BCUT2D eigenvalue weighted by Gasteiger charge is 2.05. The summed E-state index contributed by atoms with van der Waals surface area (Å²) in [4.78, 5) is 10.3. The van der Waals surface area contributed by atoms with Crippen LogP contribution in [0.25, 0.3) is 0 Å². The molecule has 0 aromatic heterocycles. The molecule has 0 atom stereocenters. The van der Waals surface area contributed by atoms with Gasteiger partial charge in [0.25, 0.3) is 0 Å². The number of halogens is 1. The van der Waals surface area contributed by atoms with Crippen molar-refractivity contribution < 1.29 is 9.90 Å². The second kappa shape index (κ2) is 4.64. The number of hydrogen-bond donors (Lipinski definition) is 1. The number of carboxylic acid groups (broad SMARTS) is 1. The molecule has 0 radical (unpaired) electrons. The summed E-state index contributed by atoms with van der Waals surface area (Å²) in [6.07, 6.45) is 0.341. The molecule has 1 aromatic carbocycles. The average molecular weight is 210 g/mol. The third-order valence-electron chi connectivity index (χ3n) is 1.80. The van der Waals surface area contributed by atoms with E-state index in [4.69, 9.17) is 22.0 Å². The van der Waals surface area contributed by atoms with Crippen LogP contribution < -0.4 is 0 Å². The Kier molecular flexibility index (Phi) is 3.49. The highest BCUT2D eigenvalue weighted by molar-refractivity contribution is 6.30.